The first-order valence-corrected chi connectivity index (χ1v) is 30.8. The summed E-state index contributed by atoms with van der Waals surface area (Å²) in [6.07, 6.45) is 0.230. The Morgan fingerprint density at radius 2 is 0.525 bits per heavy atom. The average molecular weight is 1490 g/mol. The second-order valence-electron chi connectivity index (χ2n) is 17.0. The number of terminal acetylenes is 1. The van der Waals surface area contributed by atoms with Gasteiger partial charge in [0.15, 0.2) is 16.9 Å². The highest BCUT2D eigenvalue weighted by molar-refractivity contribution is 7.81. The van der Waals surface area contributed by atoms with Gasteiger partial charge in [0.1, 0.15) is 11.8 Å². The molecule has 1 aliphatic heterocycles. The number of rotatable bonds is 3. The van der Waals surface area contributed by atoms with E-state index in [1.807, 2.05) is 0 Å². The Labute approximate surface area is 692 Å². The van der Waals surface area contributed by atoms with Crippen molar-refractivity contribution < 1.29 is 22.7 Å². The van der Waals surface area contributed by atoms with Crippen molar-refractivity contribution in [2.75, 3.05) is 16.9 Å². The number of carbonyl (C=O) groups excluding carboxylic acids is 1. The van der Waals surface area contributed by atoms with Crippen molar-refractivity contribution in [1.82, 2.24) is 0 Å². The van der Waals surface area contributed by atoms with E-state index in [4.69, 9.17) is 35.2 Å². The van der Waals surface area contributed by atoms with Gasteiger partial charge in [0.05, 0.1) is 19.2 Å². The zero-order chi connectivity index (χ0) is 84.9. The van der Waals surface area contributed by atoms with Crippen LogP contribution >= 0.6 is 12.2 Å². The van der Waals surface area contributed by atoms with Crippen LogP contribution in [0.4, 0.5) is 30.2 Å². The van der Waals surface area contributed by atoms with E-state index in [1.165, 1.54) is 13.2 Å². The van der Waals surface area contributed by atoms with E-state index in [2.05, 4.69) is 520 Å². The maximum Gasteiger partial charge on any atom is 0.407 e. The van der Waals surface area contributed by atoms with Gasteiger partial charge in [0, 0.05) is 479 Å². The number of nitrogens with zero attached hydrogens (tertiary/aromatic N) is 4. The Balaban J connectivity index is 0.00000139. The number of amides is 1. The Morgan fingerprint density at radius 1 is 0.339 bits per heavy atom. The average Bonchev–Trinajstić information content (AvgIpc) is 1.60. The minimum atomic E-state index is -4.72. The predicted octanol–water partition coefficient (Wildman–Crippen LogP) is 5.08. The van der Waals surface area contributed by atoms with Crippen molar-refractivity contribution in [2.24, 2.45) is 0 Å². The molecule has 10 heteroatoms. The molecular weight excluding hydrogens is 1470 g/mol. The van der Waals surface area contributed by atoms with Crippen molar-refractivity contribution in [2.45, 2.75) is 19.1 Å². The third kappa shape index (κ3) is 50.4. The van der Waals surface area contributed by atoms with Crippen LogP contribution in [0.2, 0.25) is 0 Å². The Morgan fingerprint density at radius 3 is 0.695 bits per heavy atom. The molecule has 0 N–H and O–H groups in total. The first-order chi connectivity index (χ1) is 58.1. The quantitative estimate of drug-likeness (QED) is 0.244. The van der Waals surface area contributed by atoms with Crippen LogP contribution in [0.25, 0.3) is 4.85 Å². The fraction of sp³-hybridized carbons (Fsp3) is 0.0370. The highest BCUT2D eigenvalue weighted by Crippen LogP contribution is 2.40. The number of thiocarbonyl (C=S) groups is 1. The van der Waals surface area contributed by atoms with E-state index < -0.39 is 29.4 Å². The van der Waals surface area contributed by atoms with Gasteiger partial charge in [-0.1, -0.05) is 6.07 Å². The molecule has 1 amide bonds. The number of halogens is 3. The van der Waals surface area contributed by atoms with Gasteiger partial charge < -0.3 is 9.64 Å². The summed E-state index contributed by atoms with van der Waals surface area (Å²) in [6.45, 7) is 8.56. The summed E-state index contributed by atoms with van der Waals surface area (Å²) >= 11 is 5.40. The van der Waals surface area contributed by atoms with Gasteiger partial charge in [-0.05, 0) is 103 Å². The first kappa shape index (κ1) is 91.1. The number of carbonyl (C=O) groups is 1. The molecule has 1 aliphatic rings. The molecule has 2 aromatic rings. The fourth-order valence-electron chi connectivity index (χ4n) is 5.66. The summed E-state index contributed by atoms with van der Waals surface area (Å²) in [7, 11) is 1.52. The molecule has 506 valence electrons. The third-order valence-electron chi connectivity index (χ3n) is 9.82. The van der Waals surface area contributed by atoms with E-state index in [1.54, 1.807) is 42.2 Å². The van der Waals surface area contributed by atoms with Gasteiger partial charge >= 0.3 is 6.18 Å². The van der Waals surface area contributed by atoms with E-state index in [-0.39, 0.29) is 10.8 Å². The summed E-state index contributed by atoms with van der Waals surface area (Å²) in [5, 5.41) is 8.28. The molecule has 0 saturated carbocycles. The Hall–Kier alpha value is -23.0. The minimum Gasteiger partial charge on any atom is -0.497 e. The lowest BCUT2D eigenvalue weighted by molar-refractivity contribution is -0.136. The van der Waals surface area contributed by atoms with Gasteiger partial charge in [0.2, 0.25) is 0 Å². The number of benzene rings is 2. The highest BCUT2D eigenvalue weighted by Gasteiger charge is 2.42. The Bertz CT molecular complexity index is 7500. The number of methoxy groups -OCH3 is 1. The maximum atomic E-state index is 13.3. The summed E-state index contributed by atoms with van der Waals surface area (Å²) in [5.74, 6) is 215. The molecule has 6 nitrogen and oxygen atoms in total. The van der Waals surface area contributed by atoms with Crippen molar-refractivity contribution in [1.29, 1.82) is 5.26 Å². The number of alkyl halides is 3. The molecular formula is C108H15F3N4O2S. The van der Waals surface area contributed by atoms with E-state index in [9.17, 15) is 18.0 Å². The summed E-state index contributed by atoms with van der Waals surface area (Å²) in [4.78, 5) is 18.3. The molecule has 0 aliphatic carbocycles. The molecule has 1 heterocycles. The summed E-state index contributed by atoms with van der Waals surface area (Å²) < 4.78 is 45.0. The lowest BCUT2D eigenvalue weighted by Crippen LogP contribution is -2.33. The second kappa shape index (κ2) is 67.2. The van der Waals surface area contributed by atoms with Crippen LogP contribution in [0.3, 0.4) is 0 Å². The normalized spacial score (nSPS) is 7.05. The van der Waals surface area contributed by atoms with Crippen LogP contribution in [0.5, 0.6) is 5.75 Å². The molecule has 1 atom stereocenters. The molecule has 118 heavy (non-hydrogen) atoms. The minimum absolute atomic E-state index is 0.0300. The number of nitriles is 1. The zero-order valence-electron chi connectivity index (χ0n) is 59.8. The first-order valence-electron chi connectivity index (χ1n) is 30.3. The van der Waals surface area contributed by atoms with Gasteiger partial charge in [-0.15, -0.1) is 6.42 Å². The van der Waals surface area contributed by atoms with Crippen LogP contribution in [-0.2, 0) is 11.0 Å². The molecule has 3 rings (SSSR count). The topological polar surface area (TPSA) is 60.9 Å². The molecule has 0 bridgehead atoms. The number of hydrogen-bond donors (Lipinski definition) is 0. The van der Waals surface area contributed by atoms with Crippen LogP contribution in [0.1, 0.15) is 12.5 Å². The van der Waals surface area contributed by atoms with Crippen molar-refractivity contribution in [3.05, 3.63) is 59.4 Å². The number of hydrogen-bond acceptors (Lipinski definition) is 4. The lowest BCUT2D eigenvalue weighted by Gasteiger charge is -2.23. The van der Waals surface area contributed by atoms with E-state index in [0.717, 1.165) is 17.0 Å². The SMILES string of the molecule is C#CC#CC#CC#CC#CC#CC#CC#CC#CC#CC#CC#CC#CC#CC#CC#CC#CC#CC#CC#CC#CC#CC#CC#CC#CC#CC#CC#CC#CC#CC#CC#CC#CC#CC#CC#CC#CC#CC#CC#CC#CC#CC#CC#CC#N.[C-]#[N+]c1ccc(N2C(=O)C(C)N(c3ccc(OC)cc3)C2=S)cc1C(F)(F)F. The van der Waals surface area contributed by atoms with Crippen molar-refractivity contribution in [3.63, 3.8) is 0 Å². The van der Waals surface area contributed by atoms with Crippen LogP contribution < -0.4 is 14.5 Å². The van der Waals surface area contributed by atoms with E-state index in [0.29, 0.717) is 11.4 Å². The molecule has 0 spiro atoms. The molecule has 1 fully saturated rings. The van der Waals surface area contributed by atoms with Crippen LogP contribution in [-0.4, -0.2) is 24.2 Å². The Kier molecular flexibility index (Phi) is 51.9. The lowest BCUT2D eigenvalue weighted by atomic mass is 10.1. The number of anilines is 2. The van der Waals surface area contributed by atoms with Gasteiger partial charge in [-0.3, -0.25) is 9.69 Å². The molecule has 2 aromatic carbocycles. The summed E-state index contributed by atoms with van der Waals surface area (Å²) in [5.41, 5.74) is -1.06. The van der Waals surface area contributed by atoms with Crippen molar-refractivity contribution in [3.8, 4) is 533 Å². The molecule has 0 aromatic heterocycles. The van der Waals surface area contributed by atoms with Gasteiger partial charge in [-0.2, -0.15) is 18.4 Å². The smallest absolute Gasteiger partial charge is 0.407 e. The predicted molar refractivity (Wildman–Crippen MR) is 452 cm³/mol. The van der Waals surface area contributed by atoms with Gasteiger partial charge in [0.25, 0.3) is 5.91 Å². The van der Waals surface area contributed by atoms with Gasteiger partial charge in [-0.25, -0.2) is 4.85 Å². The second-order valence-corrected chi connectivity index (χ2v) is 17.4. The largest absolute Gasteiger partial charge is 0.497 e. The van der Waals surface area contributed by atoms with E-state index >= 15 is 0 Å². The standard InChI is InChI=1S/C89HN.C19H14F3N3O2S/c1-2-3-4-5-6-7-8-9-10-11-12-13-14-15-16-17-18-19-20-21-22-23-24-25-26-27-28-29-30-31-32-33-34-35-36-37-38-39-40-41-42-43-44-45-46-47-48-49-50-51-52-53-54-55-56-57-58-59-60-61-62-63-64-65-66-67-68-69-70-71-72-73-74-75-76-77-78-79-80-81-82-83-84-85-86-87-88-89-90;1-11-17(26)25(13-6-9-16(23-2)15(10-13)19(20,21)22)18(28)24(11)12-4-7-14(27-3)8-5-12/h1H;4-11H,1,3H3. The fourth-order valence-corrected chi connectivity index (χ4v) is 6.12. The summed E-state index contributed by atoms with van der Waals surface area (Å²) in [6, 6.07) is 10.9. The molecule has 1 unspecified atom stereocenters. The van der Waals surface area contributed by atoms with Crippen LogP contribution in [0.15, 0.2) is 42.5 Å². The highest BCUT2D eigenvalue weighted by atomic mass is 32.1. The van der Waals surface area contributed by atoms with Crippen molar-refractivity contribution >= 4 is 40.3 Å². The van der Waals surface area contributed by atoms with Crippen LogP contribution in [0, 0.1) is 539 Å². The third-order valence-corrected chi connectivity index (χ3v) is 10.2. The molecule has 0 radical (unpaired) electrons. The maximum absolute atomic E-state index is 13.3. The monoisotopic (exact) mass is 1490 g/mol. The molecule has 1 saturated heterocycles. The zero-order valence-corrected chi connectivity index (χ0v) is 60.7. The number of ether oxygens (including phenoxy) is 1.